The van der Waals surface area contributed by atoms with Gasteiger partial charge in [-0.15, -0.1) is 0 Å². The molecular weight excluding hydrogens is 347 g/mol. The number of aliphatic carboxylic acids is 1. The van der Waals surface area contributed by atoms with E-state index in [4.69, 9.17) is 5.11 Å². The van der Waals surface area contributed by atoms with Crippen molar-refractivity contribution in [3.63, 3.8) is 0 Å². The van der Waals surface area contributed by atoms with Crippen LogP contribution in [0, 0.1) is 0 Å². The van der Waals surface area contributed by atoms with Crippen LogP contribution in [0.3, 0.4) is 0 Å². The van der Waals surface area contributed by atoms with E-state index in [2.05, 4.69) is 4.74 Å². The highest BCUT2D eigenvalue weighted by atomic mass is 19.4. The van der Waals surface area contributed by atoms with E-state index in [1.54, 1.807) is 0 Å². The monoisotopic (exact) mass is 363 g/mol. The predicted octanol–water partition coefficient (Wildman–Crippen LogP) is 1.26. The van der Waals surface area contributed by atoms with Gasteiger partial charge in [-0.25, -0.2) is 4.79 Å². The van der Waals surface area contributed by atoms with Crippen LogP contribution >= 0.6 is 0 Å². The predicted molar refractivity (Wildman–Crippen MR) is 77.2 cm³/mol. The first-order valence-corrected chi connectivity index (χ1v) is 7.01. The zero-order chi connectivity index (χ0) is 19.2. The minimum absolute atomic E-state index is 0.136. The van der Waals surface area contributed by atoms with Gasteiger partial charge in [0.2, 0.25) is 0 Å². The van der Waals surface area contributed by atoms with Gasteiger partial charge >= 0.3 is 18.1 Å². The molecule has 0 fully saturated rings. The van der Waals surface area contributed by atoms with Crippen LogP contribution in [0.1, 0.15) is 30.1 Å². The zero-order valence-electron chi connectivity index (χ0n) is 13.0. The van der Waals surface area contributed by atoms with Gasteiger partial charge in [0, 0.05) is 6.42 Å². The molecule has 0 bridgehead atoms. The summed E-state index contributed by atoms with van der Waals surface area (Å²) < 4.78 is 41.8. The number of nitrogens with one attached hydrogen (secondary N) is 1. The van der Waals surface area contributed by atoms with Gasteiger partial charge in [0.1, 0.15) is 6.04 Å². The fourth-order valence-corrected chi connectivity index (χ4v) is 1.88. The number of hydrogen-bond donors (Lipinski definition) is 3. The molecule has 25 heavy (non-hydrogen) atoms. The number of aliphatic hydroxyl groups is 1. The number of halogens is 3. The highest BCUT2D eigenvalue weighted by Crippen LogP contribution is 2.29. The fraction of sp³-hybridized carbons (Fsp3) is 0.400. The minimum Gasteiger partial charge on any atom is -0.480 e. The number of carboxylic acids is 1. The summed E-state index contributed by atoms with van der Waals surface area (Å²) in [6.45, 7) is 0. The average molecular weight is 363 g/mol. The summed E-state index contributed by atoms with van der Waals surface area (Å²) in [5.74, 6) is -3.22. The molecule has 0 heterocycles. The number of carboxylic acid groups (broad SMARTS) is 1. The number of alkyl halides is 3. The molecule has 0 saturated heterocycles. The Morgan fingerprint density at radius 1 is 1.20 bits per heavy atom. The lowest BCUT2D eigenvalue weighted by Crippen LogP contribution is -2.43. The van der Waals surface area contributed by atoms with Crippen molar-refractivity contribution in [2.75, 3.05) is 7.11 Å². The Labute approximate surface area is 140 Å². The molecule has 0 saturated carbocycles. The van der Waals surface area contributed by atoms with Gasteiger partial charge in [-0.05, 0) is 24.1 Å². The van der Waals surface area contributed by atoms with Crippen molar-refractivity contribution in [1.82, 2.24) is 5.32 Å². The number of amides is 1. The molecule has 0 unspecified atom stereocenters. The molecule has 0 aliphatic rings. The summed E-state index contributed by atoms with van der Waals surface area (Å²) in [7, 11) is 1.12. The van der Waals surface area contributed by atoms with Gasteiger partial charge in [-0.3, -0.25) is 9.59 Å². The molecule has 0 aromatic heterocycles. The van der Waals surface area contributed by atoms with Crippen LogP contribution in [-0.2, 0) is 25.3 Å². The first kappa shape index (κ1) is 20.4. The SMILES string of the molecule is COC(=O)CC[C@@H](NC(=O)[C@H](O)c1ccc(C(F)(F)F)cc1)C(=O)O. The van der Waals surface area contributed by atoms with Crippen molar-refractivity contribution in [3.05, 3.63) is 35.4 Å². The molecule has 1 rings (SSSR count). The number of aliphatic hydroxyl groups excluding tert-OH is 1. The van der Waals surface area contributed by atoms with Crippen LogP contribution in [0.25, 0.3) is 0 Å². The van der Waals surface area contributed by atoms with E-state index in [0.717, 1.165) is 19.2 Å². The molecule has 0 spiro atoms. The largest absolute Gasteiger partial charge is 0.480 e. The van der Waals surface area contributed by atoms with Crippen LogP contribution in [0.4, 0.5) is 13.2 Å². The van der Waals surface area contributed by atoms with E-state index < -0.39 is 41.7 Å². The van der Waals surface area contributed by atoms with Gasteiger partial charge in [-0.2, -0.15) is 13.2 Å². The standard InChI is InChI=1S/C15H16F3NO6/c1-25-11(20)7-6-10(14(23)24)19-13(22)12(21)8-2-4-9(5-3-8)15(16,17)18/h2-5,10,12,21H,6-7H2,1H3,(H,19,22)(H,23,24)/t10-,12-/m1/s1. The summed E-state index contributed by atoms with van der Waals surface area (Å²) >= 11 is 0. The summed E-state index contributed by atoms with van der Waals surface area (Å²) in [6, 6.07) is 1.75. The Kier molecular flexibility index (Phi) is 6.92. The Bertz CT molecular complexity index is 629. The fourth-order valence-electron chi connectivity index (χ4n) is 1.88. The number of carbonyl (C=O) groups is 3. The van der Waals surface area contributed by atoms with Gasteiger partial charge in [0.05, 0.1) is 12.7 Å². The minimum atomic E-state index is -4.56. The molecule has 1 aromatic carbocycles. The summed E-state index contributed by atoms with van der Waals surface area (Å²) in [6.07, 6.45) is -6.96. The maximum Gasteiger partial charge on any atom is 0.416 e. The molecule has 0 radical (unpaired) electrons. The number of benzene rings is 1. The lowest BCUT2D eigenvalue weighted by atomic mass is 10.1. The second kappa shape index (κ2) is 8.47. The summed E-state index contributed by atoms with van der Waals surface area (Å²) in [5, 5.41) is 20.9. The lowest BCUT2D eigenvalue weighted by Gasteiger charge is -2.17. The van der Waals surface area contributed by atoms with Crippen LogP contribution in [-0.4, -0.2) is 41.2 Å². The van der Waals surface area contributed by atoms with Crippen molar-refractivity contribution in [2.45, 2.75) is 31.2 Å². The molecule has 1 aromatic rings. The smallest absolute Gasteiger partial charge is 0.416 e. The van der Waals surface area contributed by atoms with Crippen LogP contribution in [0.2, 0.25) is 0 Å². The maximum absolute atomic E-state index is 12.5. The van der Waals surface area contributed by atoms with Crippen LogP contribution < -0.4 is 5.32 Å². The van der Waals surface area contributed by atoms with Gasteiger partial charge < -0.3 is 20.3 Å². The lowest BCUT2D eigenvalue weighted by molar-refractivity contribution is -0.145. The van der Waals surface area contributed by atoms with Crippen molar-refractivity contribution in [3.8, 4) is 0 Å². The van der Waals surface area contributed by atoms with E-state index in [1.807, 2.05) is 5.32 Å². The van der Waals surface area contributed by atoms with E-state index >= 15 is 0 Å². The Morgan fingerprint density at radius 2 is 1.76 bits per heavy atom. The molecule has 2 atom stereocenters. The quantitative estimate of drug-likeness (QED) is 0.629. The Balaban J connectivity index is 2.76. The number of carbonyl (C=O) groups excluding carboxylic acids is 2. The number of hydrogen-bond acceptors (Lipinski definition) is 5. The van der Waals surface area contributed by atoms with Gasteiger partial charge in [0.15, 0.2) is 6.10 Å². The molecule has 0 aliphatic carbocycles. The van der Waals surface area contributed by atoms with E-state index in [0.29, 0.717) is 12.1 Å². The Morgan fingerprint density at radius 3 is 2.20 bits per heavy atom. The summed E-state index contributed by atoms with van der Waals surface area (Å²) in [5.41, 5.74) is -1.09. The highest BCUT2D eigenvalue weighted by Gasteiger charge is 2.31. The zero-order valence-corrected chi connectivity index (χ0v) is 13.0. The third-order valence-corrected chi connectivity index (χ3v) is 3.28. The molecular formula is C15H16F3NO6. The van der Waals surface area contributed by atoms with E-state index in [9.17, 15) is 32.7 Å². The second-order valence-corrected chi connectivity index (χ2v) is 5.04. The number of esters is 1. The van der Waals surface area contributed by atoms with E-state index in [-0.39, 0.29) is 18.4 Å². The molecule has 10 heteroatoms. The number of methoxy groups -OCH3 is 1. The topological polar surface area (TPSA) is 113 Å². The Hall–Kier alpha value is -2.62. The molecule has 1 amide bonds. The van der Waals surface area contributed by atoms with Crippen molar-refractivity contribution in [2.24, 2.45) is 0 Å². The average Bonchev–Trinajstić information content (AvgIpc) is 2.56. The van der Waals surface area contributed by atoms with E-state index in [1.165, 1.54) is 0 Å². The normalized spacial score (nSPS) is 13.6. The number of ether oxygens (including phenoxy) is 1. The first-order valence-electron chi connectivity index (χ1n) is 7.01. The summed E-state index contributed by atoms with van der Waals surface area (Å²) in [4.78, 5) is 34.0. The van der Waals surface area contributed by atoms with Crippen molar-refractivity contribution >= 4 is 17.8 Å². The highest BCUT2D eigenvalue weighted by molar-refractivity contribution is 5.87. The van der Waals surface area contributed by atoms with Gasteiger partial charge in [0.25, 0.3) is 5.91 Å². The third kappa shape index (κ3) is 6.07. The van der Waals surface area contributed by atoms with Crippen LogP contribution in [0.5, 0.6) is 0 Å². The molecule has 0 aliphatic heterocycles. The van der Waals surface area contributed by atoms with Crippen LogP contribution in [0.15, 0.2) is 24.3 Å². The first-order chi connectivity index (χ1) is 11.6. The maximum atomic E-state index is 12.5. The van der Waals surface area contributed by atoms with Gasteiger partial charge in [-0.1, -0.05) is 12.1 Å². The second-order valence-electron chi connectivity index (χ2n) is 5.04. The molecule has 138 valence electrons. The molecule has 3 N–H and O–H groups in total. The van der Waals surface area contributed by atoms with Crippen molar-refractivity contribution < 1.29 is 42.5 Å². The number of rotatable bonds is 7. The third-order valence-electron chi connectivity index (χ3n) is 3.28. The molecule has 7 nitrogen and oxygen atoms in total. The van der Waals surface area contributed by atoms with Crippen molar-refractivity contribution in [1.29, 1.82) is 0 Å².